The Bertz CT molecular complexity index is 320. The van der Waals surface area contributed by atoms with E-state index in [2.05, 4.69) is 0 Å². The molecule has 0 aromatic rings. The molecule has 110 valence electrons. The van der Waals surface area contributed by atoms with Crippen LogP contribution in [0.4, 0.5) is 0 Å². The van der Waals surface area contributed by atoms with E-state index in [0.29, 0.717) is 6.61 Å². The van der Waals surface area contributed by atoms with Crippen LogP contribution in [0.5, 0.6) is 0 Å². The first-order valence-electron chi connectivity index (χ1n) is 6.12. The van der Waals surface area contributed by atoms with E-state index in [1.165, 1.54) is 11.8 Å². The number of phosphoric ester groups is 1. The maximum absolute atomic E-state index is 11.7. The molecular formula is C10H20BO6PS. The molecule has 0 saturated carbocycles. The summed E-state index contributed by atoms with van der Waals surface area (Å²) in [7, 11) is 1.75. The zero-order valence-corrected chi connectivity index (χ0v) is 13.1. The van der Waals surface area contributed by atoms with Crippen LogP contribution in [0.2, 0.25) is 0 Å². The third kappa shape index (κ3) is 5.04. The Morgan fingerprint density at radius 3 is 2.63 bits per heavy atom. The van der Waals surface area contributed by atoms with Gasteiger partial charge in [-0.05, 0) is 20.1 Å². The molecule has 5 atom stereocenters. The van der Waals surface area contributed by atoms with Crippen molar-refractivity contribution in [3.63, 3.8) is 0 Å². The molecule has 19 heavy (non-hydrogen) atoms. The minimum atomic E-state index is -4.09. The molecule has 1 saturated heterocycles. The Balaban J connectivity index is 2.74. The summed E-state index contributed by atoms with van der Waals surface area (Å²) < 4.78 is 32.4. The van der Waals surface area contributed by atoms with E-state index in [4.69, 9.17) is 26.4 Å². The van der Waals surface area contributed by atoms with Crippen LogP contribution in [0.15, 0.2) is 0 Å². The fraction of sp³-hybridized carbons (Fsp3) is 1.00. The van der Waals surface area contributed by atoms with Gasteiger partial charge in [-0.2, -0.15) is 11.8 Å². The molecule has 1 fully saturated rings. The average Bonchev–Trinajstić information content (AvgIpc) is 2.61. The van der Waals surface area contributed by atoms with Crippen molar-refractivity contribution in [1.82, 2.24) is 0 Å². The van der Waals surface area contributed by atoms with Crippen molar-refractivity contribution >= 4 is 27.4 Å². The summed E-state index contributed by atoms with van der Waals surface area (Å²) in [5.41, 5.74) is 0. The third-order valence-corrected chi connectivity index (χ3v) is 4.83. The Hall–Kier alpha value is 0.445. The second kappa shape index (κ2) is 8.03. The quantitative estimate of drug-likeness (QED) is 0.533. The van der Waals surface area contributed by atoms with Gasteiger partial charge in [0.1, 0.15) is 20.1 Å². The SMILES string of the molecule is [B][C@@H]1O[C@H](COCC)[C@@H](OP(=O)(O)OCC)[C@H]1SC. The van der Waals surface area contributed by atoms with Crippen molar-refractivity contribution in [2.24, 2.45) is 0 Å². The van der Waals surface area contributed by atoms with Gasteiger partial charge in [-0.1, -0.05) is 0 Å². The highest BCUT2D eigenvalue weighted by atomic mass is 32.2. The Morgan fingerprint density at radius 1 is 1.42 bits per heavy atom. The van der Waals surface area contributed by atoms with Crippen LogP contribution in [-0.2, 0) is 23.1 Å². The van der Waals surface area contributed by atoms with E-state index in [0.717, 1.165) is 0 Å². The highest BCUT2D eigenvalue weighted by Gasteiger charge is 2.46. The van der Waals surface area contributed by atoms with Gasteiger partial charge in [-0.15, -0.1) is 0 Å². The van der Waals surface area contributed by atoms with Crippen molar-refractivity contribution in [1.29, 1.82) is 0 Å². The smallest absolute Gasteiger partial charge is 0.379 e. The molecule has 6 nitrogen and oxygen atoms in total. The Morgan fingerprint density at radius 2 is 2.11 bits per heavy atom. The predicted molar refractivity (Wildman–Crippen MR) is 74.5 cm³/mol. The molecule has 1 aliphatic heterocycles. The average molecular weight is 310 g/mol. The van der Waals surface area contributed by atoms with E-state index < -0.39 is 26.0 Å². The highest BCUT2D eigenvalue weighted by molar-refractivity contribution is 7.99. The number of ether oxygens (including phenoxy) is 2. The summed E-state index contributed by atoms with van der Waals surface area (Å²) in [6.45, 7) is 4.35. The first-order valence-corrected chi connectivity index (χ1v) is 8.90. The van der Waals surface area contributed by atoms with Gasteiger partial charge in [0, 0.05) is 12.6 Å². The van der Waals surface area contributed by atoms with Crippen LogP contribution in [0, 0.1) is 0 Å². The molecule has 1 rings (SSSR count). The zero-order valence-electron chi connectivity index (χ0n) is 11.4. The number of thioether (sulfide) groups is 1. The number of rotatable bonds is 8. The fourth-order valence-electron chi connectivity index (χ4n) is 1.87. The molecule has 0 aromatic carbocycles. The largest absolute Gasteiger partial charge is 0.472 e. The molecule has 0 amide bonds. The predicted octanol–water partition coefficient (Wildman–Crippen LogP) is 1.17. The molecule has 1 N–H and O–H groups in total. The van der Waals surface area contributed by atoms with Crippen molar-refractivity contribution in [3.05, 3.63) is 0 Å². The first-order chi connectivity index (χ1) is 8.95. The number of hydrogen-bond acceptors (Lipinski definition) is 6. The second-order valence-corrected chi connectivity index (χ2v) is 6.38. The van der Waals surface area contributed by atoms with Crippen LogP contribution in [0.1, 0.15) is 13.8 Å². The van der Waals surface area contributed by atoms with Gasteiger partial charge in [-0.25, -0.2) is 4.57 Å². The topological polar surface area (TPSA) is 74.2 Å². The first kappa shape index (κ1) is 17.5. The van der Waals surface area contributed by atoms with Gasteiger partial charge in [0.15, 0.2) is 0 Å². The highest BCUT2D eigenvalue weighted by Crippen LogP contribution is 2.48. The molecule has 1 aliphatic rings. The lowest BCUT2D eigenvalue weighted by atomic mass is 9.95. The molecule has 0 aromatic heterocycles. The van der Waals surface area contributed by atoms with Gasteiger partial charge in [-0.3, -0.25) is 9.05 Å². The standard InChI is InChI=1S/C10H20BO6PS/c1-4-14-6-7-8(9(19-3)10(11)16-7)17-18(12,13)15-5-2/h7-10H,4-6H2,1-3H3,(H,12,13)/t7-,8-,9-,10-/m1/s1. The molecule has 0 aliphatic carbocycles. The molecule has 1 unspecified atom stereocenters. The van der Waals surface area contributed by atoms with Crippen LogP contribution in [-0.4, -0.2) is 62.3 Å². The van der Waals surface area contributed by atoms with Gasteiger partial charge < -0.3 is 14.4 Å². The van der Waals surface area contributed by atoms with E-state index in [1.807, 2.05) is 13.2 Å². The fourth-order valence-corrected chi connectivity index (χ4v) is 3.74. The molecule has 0 spiro atoms. The van der Waals surface area contributed by atoms with E-state index in [9.17, 15) is 9.46 Å². The summed E-state index contributed by atoms with van der Waals surface area (Å²) in [4.78, 5) is 9.58. The Kier molecular flexibility index (Phi) is 7.39. The molecule has 9 heteroatoms. The van der Waals surface area contributed by atoms with E-state index >= 15 is 0 Å². The summed E-state index contributed by atoms with van der Waals surface area (Å²) >= 11 is 1.43. The molecule has 1 heterocycles. The van der Waals surface area contributed by atoms with Crippen molar-refractivity contribution in [3.8, 4) is 0 Å². The van der Waals surface area contributed by atoms with Crippen LogP contribution in [0.25, 0.3) is 0 Å². The van der Waals surface area contributed by atoms with Gasteiger partial charge in [0.25, 0.3) is 0 Å². The Labute approximate surface area is 119 Å². The molecule has 0 bridgehead atoms. The maximum atomic E-state index is 11.7. The monoisotopic (exact) mass is 310 g/mol. The zero-order chi connectivity index (χ0) is 14.5. The lowest BCUT2D eigenvalue weighted by Gasteiger charge is -2.24. The third-order valence-electron chi connectivity index (χ3n) is 2.65. The van der Waals surface area contributed by atoms with E-state index in [1.54, 1.807) is 6.92 Å². The van der Waals surface area contributed by atoms with E-state index in [-0.39, 0.29) is 18.5 Å². The van der Waals surface area contributed by atoms with Gasteiger partial charge in [0.2, 0.25) is 0 Å². The van der Waals surface area contributed by atoms with Gasteiger partial charge >= 0.3 is 7.82 Å². The van der Waals surface area contributed by atoms with Crippen molar-refractivity contribution in [2.45, 2.75) is 37.3 Å². The number of phosphoric acid groups is 1. The summed E-state index contributed by atoms with van der Waals surface area (Å²) in [6.07, 6.45) is 0.725. The summed E-state index contributed by atoms with van der Waals surface area (Å²) in [6, 6.07) is -0.563. The van der Waals surface area contributed by atoms with Gasteiger partial charge in [0.05, 0.1) is 18.5 Å². The normalized spacial score (nSPS) is 34.3. The summed E-state index contributed by atoms with van der Waals surface area (Å²) in [5.74, 6) is 0. The van der Waals surface area contributed by atoms with Crippen LogP contribution >= 0.6 is 19.6 Å². The minimum Gasteiger partial charge on any atom is -0.379 e. The van der Waals surface area contributed by atoms with Crippen LogP contribution < -0.4 is 0 Å². The lowest BCUT2D eigenvalue weighted by molar-refractivity contribution is -0.0288. The molecule has 2 radical (unpaired) electrons. The maximum Gasteiger partial charge on any atom is 0.472 e. The lowest BCUT2D eigenvalue weighted by Crippen LogP contribution is -2.35. The summed E-state index contributed by atoms with van der Waals surface area (Å²) in [5, 5.41) is -0.244. The second-order valence-electron chi connectivity index (χ2n) is 3.96. The van der Waals surface area contributed by atoms with Crippen molar-refractivity contribution < 1.29 is 28.0 Å². The molecular weight excluding hydrogens is 290 g/mol. The van der Waals surface area contributed by atoms with Crippen molar-refractivity contribution in [2.75, 3.05) is 26.1 Å². The minimum absolute atomic E-state index is 0.0907. The van der Waals surface area contributed by atoms with Crippen LogP contribution in [0.3, 0.4) is 0 Å². The number of hydrogen-bond donors (Lipinski definition) is 1.